The molecule has 1 aromatic carbocycles. The molecule has 0 saturated carbocycles. The monoisotopic (exact) mass is 267 g/mol. The van der Waals surface area contributed by atoms with Crippen molar-refractivity contribution in [1.29, 1.82) is 0 Å². The Kier molecular flexibility index (Phi) is 4.25. The third-order valence-corrected chi connectivity index (χ3v) is 3.68. The molecule has 0 bridgehead atoms. The largest absolute Gasteiger partial charge is 0.375 e. The normalized spacial score (nSPS) is 24.1. The molecule has 1 aliphatic rings. The SMILES string of the molecule is CC1OCCN(C(=O)Cc2cccc(Cl)c2)C1C. The molecule has 0 radical (unpaired) electrons. The van der Waals surface area contributed by atoms with Gasteiger partial charge in [0.05, 0.1) is 25.2 Å². The van der Waals surface area contributed by atoms with Gasteiger partial charge in [0.2, 0.25) is 5.91 Å². The van der Waals surface area contributed by atoms with Crippen LogP contribution in [0.25, 0.3) is 0 Å². The van der Waals surface area contributed by atoms with Gasteiger partial charge in [0.1, 0.15) is 0 Å². The zero-order valence-corrected chi connectivity index (χ0v) is 11.5. The molecule has 0 aliphatic carbocycles. The van der Waals surface area contributed by atoms with E-state index in [0.717, 1.165) is 5.56 Å². The van der Waals surface area contributed by atoms with Gasteiger partial charge in [0.25, 0.3) is 0 Å². The maximum Gasteiger partial charge on any atom is 0.227 e. The zero-order valence-electron chi connectivity index (χ0n) is 10.7. The predicted octanol–water partition coefficient (Wildman–Crippen LogP) is 2.52. The quantitative estimate of drug-likeness (QED) is 0.824. The Morgan fingerprint density at radius 3 is 3.00 bits per heavy atom. The van der Waals surface area contributed by atoms with Crippen molar-refractivity contribution in [2.45, 2.75) is 32.4 Å². The lowest BCUT2D eigenvalue weighted by molar-refractivity contribution is -0.143. The van der Waals surface area contributed by atoms with Crippen LogP contribution in [0.15, 0.2) is 24.3 Å². The molecule has 1 heterocycles. The van der Waals surface area contributed by atoms with Crippen molar-refractivity contribution >= 4 is 17.5 Å². The summed E-state index contributed by atoms with van der Waals surface area (Å²) in [6.45, 7) is 5.32. The van der Waals surface area contributed by atoms with Crippen molar-refractivity contribution in [3.05, 3.63) is 34.9 Å². The first-order valence-corrected chi connectivity index (χ1v) is 6.61. The molecule has 0 N–H and O–H groups in total. The number of benzene rings is 1. The zero-order chi connectivity index (χ0) is 13.1. The van der Waals surface area contributed by atoms with Crippen LogP contribution in [0.2, 0.25) is 5.02 Å². The lowest BCUT2D eigenvalue weighted by atomic mass is 10.1. The van der Waals surface area contributed by atoms with E-state index in [9.17, 15) is 4.79 Å². The van der Waals surface area contributed by atoms with Crippen molar-refractivity contribution in [3.63, 3.8) is 0 Å². The fraction of sp³-hybridized carbons (Fsp3) is 0.500. The summed E-state index contributed by atoms with van der Waals surface area (Å²) in [7, 11) is 0. The van der Waals surface area contributed by atoms with E-state index in [4.69, 9.17) is 16.3 Å². The van der Waals surface area contributed by atoms with Crippen molar-refractivity contribution in [2.75, 3.05) is 13.2 Å². The molecule has 1 aliphatic heterocycles. The number of hydrogen-bond donors (Lipinski definition) is 0. The number of amides is 1. The van der Waals surface area contributed by atoms with E-state index >= 15 is 0 Å². The number of carbonyl (C=O) groups excluding carboxylic acids is 1. The Bertz CT molecular complexity index is 436. The van der Waals surface area contributed by atoms with Crippen LogP contribution in [-0.4, -0.2) is 36.1 Å². The minimum Gasteiger partial charge on any atom is -0.375 e. The second kappa shape index (κ2) is 5.72. The summed E-state index contributed by atoms with van der Waals surface area (Å²) < 4.78 is 5.52. The van der Waals surface area contributed by atoms with Crippen LogP contribution in [0.3, 0.4) is 0 Å². The minimum absolute atomic E-state index is 0.0991. The molecule has 18 heavy (non-hydrogen) atoms. The van der Waals surface area contributed by atoms with Gasteiger partial charge in [0, 0.05) is 11.6 Å². The third-order valence-electron chi connectivity index (χ3n) is 3.45. The summed E-state index contributed by atoms with van der Waals surface area (Å²) in [5, 5.41) is 0.670. The van der Waals surface area contributed by atoms with E-state index in [1.165, 1.54) is 0 Å². The Hall–Kier alpha value is -1.06. The molecular formula is C14H18ClNO2. The highest BCUT2D eigenvalue weighted by Gasteiger charge is 2.28. The molecule has 0 aromatic heterocycles. The van der Waals surface area contributed by atoms with Crippen LogP contribution >= 0.6 is 11.6 Å². The van der Waals surface area contributed by atoms with Gasteiger partial charge in [-0.3, -0.25) is 4.79 Å². The number of rotatable bonds is 2. The average molecular weight is 268 g/mol. The summed E-state index contributed by atoms with van der Waals surface area (Å²) in [5.41, 5.74) is 0.957. The van der Waals surface area contributed by atoms with Crippen molar-refractivity contribution in [2.24, 2.45) is 0 Å². The highest BCUT2D eigenvalue weighted by molar-refractivity contribution is 6.30. The molecule has 1 saturated heterocycles. The fourth-order valence-electron chi connectivity index (χ4n) is 2.21. The predicted molar refractivity (Wildman–Crippen MR) is 71.7 cm³/mol. The van der Waals surface area contributed by atoms with Gasteiger partial charge in [-0.2, -0.15) is 0 Å². The van der Waals surface area contributed by atoms with Crippen molar-refractivity contribution < 1.29 is 9.53 Å². The van der Waals surface area contributed by atoms with Crippen molar-refractivity contribution in [1.82, 2.24) is 4.90 Å². The van der Waals surface area contributed by atoms with Crippen LogP contribution in [0.1, 0.15) is 19.4 Å². The third kappa shape index (κ3) is 3.03. The minimum atomic E-state index is 0.0991. The number of carbonyl (C=O) groups is 1. The van der Waals surface area contributed by atoms with Gasteiger partial charge in [-0.25, -0.2) is 0 Å². The number of ether oxygens (including phenoxy) is 1. The fourth-order valence-corrected chi connectivity index (χ4v) is 2.42. The van der Waals surface area contributed by atoms with E-state index in [-0.39, 0.29) is 18.1 Å². The van der Waals surface area contributed by atoms with Gasteiger partial charge in [-0.05, 0) is 31.5 Å². The smallest absolute Gasteiger partial charge is 0.227 e. The molecule has 0 spiro atoms. The average Bonchev–Trinajstić information content (AvgIpc) is 2.32. The lowest BCUT2D eigenvalue weighted by Crippen LogP contribution is -2.51. The van der Waals surface area contributed by atoms with Crippen LogP contribution in [0, 0.1) is 0 Å². The molecule has 98 valence electrons. The first kappa shape index (κ1) is 13.4. The van der Waals surface area contributed by atoms with Gasteiger partial charge in [-0.1, -0.05) is 23.7 Å². The summed E-state index contributed by atoms with van der Waals surface area (Å²) in [4.78, 5) is 14.2. The molecule has 2 rings (SSSR count). The maximum absolute atomic E-state index is 12.3. The molecular weight excluding hydrogens is 250 g/mol. The highest BCUT2D eigenvalue weighted by Crippen LogP contribution is 2.16. The Morgan fingerprint density at radius 2 is 2.28 bits per heavy atom. The molecule has 1 amide bonds. The van der Waals surface area contributed by atoms with E-state index in [1.54, 1.807) is 0 Å². The summed E-state index contributed by atoms with van der Waals surface area (Å²) in [5.74, 6) is 0.139. The standard InChI is InChI=1S/C14H18ClNO2/c1-10-11(2)18-7-6-16(10)14(17)9-12-4-3-5-13(15)8-12/h3-5,8,10-11H,6-7,9H2,1-2H3. The lowest BCUT2D eigenvalue weighted by Gasteiger charge is -2.38. The highest BCUT2D eigenvalue weighted by atomic mass is 35.5. The molecule has 2 atom stereocenters. The first-order valence-electron chi connectivity index (χ1n) is 6.23. The second-order valence-electron chi connectivity index (χ2n) is 4.71. The van der Waals surface area contributed by atoms with E-state index in [0.29, 0.717) is 24.6 Å². The molecule has 1 fully saturated rings. The van der Waals surface area contributed by atoms with Crippen LogP contribution in [0.4, 0.5) is 0 Å². The van der Waals surface area contributed by atoms with Crippen molar-refractivity contribution in [3.8, 4) is 0 Å². The van der Waals surface area contributed by atoms with Gasteiger partial charge >= 0.3 is 0 Å². The number of hydrogen-bond acceptors (Lipinski definition) is 2. The van der Waals surface area contributed by atoms with E-state index in [1.807, 2.05) is 43.0 Å². The number of halogens is 1. The summed E-state index contributed by atoms with van der Waals surface area (Å²) >= 11 is 5.92. The van der Waals surface area contributed by atoms with Gasteiger partial charge in [0.15, 0.2) is 0 Å². The summed E-state index contributed by atoms with van der Waals surface area (Å²) in [6.07, 6.45) is 0.500. The van der Waals surface area contributed by atoms with Gasteiger partial charge < -0.3 is 9.64 Å². The molecule has 2 unspecified atom stereocenters. The molecule has 4 heteroatoms. The molecule has 1 aromatic rings. The Balaban J connectivity index is 2.03. The topological polar surface area (TPSA) is 29.5 Å². The molecule has 3 nitrogen and oxygen atoms in total. The van der Waals surface area contributed by atoms with E-state index in [2.05, 4.69) is 0 Å². The summed E-state index contributed by atoms with van der Waals surface area (Å²) in [6, 6.07) is 7.59. The Labute approximate surface area is 113 Å². The van der Waals surface area contributed by atoms with Gasteiger partial charge in [-0.15, -0.1) is 0 Å². The maximum atomic E-state index is 12.3. The Morgan fingerprint density at radius 1 is 1.50 bits per heavy atom. The van der Waals surface area contributed by atoms with Crippen LogP contribution in [0.5, 0.6) is 0 Å². The first-order chi connectivity index (χ1) is 8.58. The second-order valence-corrected chi connectivity index (χ2v) is 5.15. The van der Waals surface area contributed by atoms with Crippen LogP contribution < -0.4 is 0 Å². The van der Waals surface area contributed by atoms with Crippen LogP contribution in [-0.2, 0) is 16.0 Å². The number of nitrogens with zero attached hydrogens (tertiary/aromatic N) is 1. The van der Waals surface area contributed by atoms with E-state index < -0.39 is 0 Å². The number of morpholine rings is 1.